The molecule has 0 radical (unpaired) electrons. The Morgan fingerprint density at radius 2 is 2.04 bits per heavy atom. The SMILES string of the molecule is CCn1c(SCC(=O)Nc2ccc(C)cc2C)nnc1N1CCOCC1. The zero-order valence-corrected chi connectivity index (χ0v) is 16.3. The quantitative estimate of drug-likeness (QED) is 0.782. The molecule has 1 N–H and O–H groups in total. The summed E-state index contributed by atoms with van der Waals surface area (Å²) < 4.78 is 7.45. The number of aryl methyl sites for hydroxylation is 2. The van der Waals surface area contributed by atoms with Gasteiger partial charge in [0.2, 0.25) is 11.9 Å². The number of aromatic nitrogens is 3. The molecule has 8 heteroatoms. The number of rotatable bonds is 6. The van der Waals surface area contributed by atoms with Gasteiger partial charge in [-0.1, -0.05) is 29.5 Å². The third kappa shape index (κ3) is 4.37. The first kappa shape index (κ1) is 18.7. The smallest absolute Gasteiger partial charge is 0.234 e. The summed E-state index contributed by atoms with van der Waals surface area (Å²) in [5, 5.41) is 12.4. The first-order valence-corrected chi connectivity index (χ1v) is 9.83. The molecule has 0 atom stereocenters. The Morgan fingerprint density at radius 1 is 1.27 bits per heavy atom. The molecule has 1 aromatic heterocycles. The second-order valence-corrected chi connectivity index (χ2v) is 7.22. The fourth-order valence-corrected chi connectivity index (χ4v) is 3.73. The minimum atomic E-state index is -0.0412. The third-order valence-corrected chi connectivity index (χ3v) is 5.26. The summed E-state index contributed by atoms with van der Waals surface area (Å²) in [7, 11) is 0. The average Bonchev–Trinajstić information content (AvgIpc) is 3.06. The number of morpholine rings is 1. The lowest BCUT2D eigenvalue weighted by atomic mass is 10.1. The van der Waals surface area contributed by atoms with E-state index >= 15 is 0 Å². The van der Waals surface area contributed by atoms with Gasteiger partial charge in [0, 0.05) is 25.3 Å². The molecule has 1 amide bonds. The maximum Gasteiger partial charge on any atom is 0.234 e. The standard InChI is InChI=1S/C18H25N5O2S/c1-4-23-17(22-7-9-25-10-8-22)20-21-18(23)26-12-16(24)19-15-6-5-13(2)11-14(15)3/h5-6,11H,4,7-10,12H2,1-3H3,(H,19,24). The average molecular weight is 375 g/mol. The fraction of sp³-hybridized carbons (Fsp3) is 0.500. The van der Waals surface area contributed by atoms with Crippen molar-refractivity contribution in [1.29, 1.82) is 0 Å². The Bertz CT molecular complexity index is 771. The Hall–Kier alpha value is -2.06. The zero-order valence-electron chi connectivity index (χ0n) is 15.5. The van der Waals surface area contributed by atoms with E-state index in [1.807, 2.05) is 26.0 Å². The van der Waals surface area contributed by atoms with Gasteiger partial charge < -0.3 is 15.0 Å². The van der Waals surface area contributed by atoms with Gasteiger partial charge in [0.05, 0.1) is 19.0 Å². The molecule has 7 nitrogen and oxygen atoms in total. The number of anilines is 2. The van der Waals surface area contributed by atoms with Gasteiger partial charge in [0.25, 0.3) is 0 Å². The van der Waals surface area contributed by atoms with E-state index < -0.39 is 0 Å². The Kier molecular flexibility index (Phi) is 6.16. The van der Waals surface area contributed by atoms with Gasteiger partial charge in [-0.05, 0) is 32.4 Å². The lowest BCUT2D eigenvalue weighted by molar-refractivity contribution is -0.113. The molecule has 140 valence electrons. The van der Waals surface area contributed by atoms with Gasteiger partial charge >= 0.3 is 0 Å². The minimum absolute atomic E-state index is 0.0412. The van der Waals surface area contributed by atoms with E-state index in [2.05, 4.69) is 38.0 Å². The molecule has 0 spiro atoms. The summed E-state index contributed by atoms with van der Waals surface area (Å²) in [5.41, 5.74) is 3.10. The van der Waals surface area contributed by atoms with Crippen LogP contribution >= 0.6 is 11.8 Å². The van der Waals surface area contributed by atoms with Crippen LogP contribution in [0.25, 0.3) is 0 Å². The van der Waals surface area contributed by atoms with Crippen LogP contribution in [0.2, 0.25) is 0 Å². The first-order chi connectivity index (χ1) is 12.6. The van der Waals surface area contributed by atoms with E-state index in [4.69, 9.17) is 4.74 Å². The monoisotopic (exact) mass is 375 g/mol. The maximum absolute atomic E-state index is 12.3. The van der Waals surface area contributed by atoms with Crippen molar-refractivity contribution >= 4 is 29.3 Å². The van der Waals surface area contributed by atoms with E-state index in [1.165, 1.54) is 17.3 Å². The van der Waals surface area contributed by atoms with E-state index in [1.54, 1.807) is 0 Å². The summed E-state index contributed by atoms with van der Waals surface area (Å²) >= 11 is 1.41. The maximum atomic E-state index is 12.3. The van der Waals surface area contributed by atoms with Crippen LogP contribution in [0.4, 0.5) is 11.6 Å². The van der Waals surface area contributed by atoms with Crippen LogP contribution < -0.4 is 10.2 Å². The number of nitrogens with one attached hydrogen (secondary N) is 1. The predicted octanol–water partition coefficient (Wildman–Crippen LogP) is 2.48. The molecule has 1 saturated heterocycles. The molecule has 0 bridgehead atoms. The van der Waals surface area contributed by atoms with Gasteiger partial charge in [-0.25, -0.2) is 0 Å². The summed E-state index contributed by atoms with van der Waals surface area (Å²) in [6, 6.07) is 6.00. The van der Waals surface area contributed by atoms with Crippen LogP contribution in [0.15, 0.2) is 23.4 Å². The molecule has 1 aromatic carbocycles. The fourth-order valence-electron chi connectivity index (χ4n) is 2.93. The van der Waals surface area contributed by atoms with Crippen LogP contribution in [-0.2, 0) is 16.1 Å². The van der Waals surface area contributed by atoms with Crippen LogP contribution in [-0.4, -0.2) is 52.7 Å². The Morgan fingerprint density at radius 3 is 2.73 bits per heavy atom. The summed E-state index contributed by atoms with van der Waals surface area (Å²) in [6.45, 7) is 9.91. The van der Waals surface area contributed by atoms with Crippen molar-refractivity contribution in [2.75, 3.05) is 42.3 Å². The molecule has 2 aromatic rings. The number of benzene rings is 1. The highest BCUT2D eigenvalue weighted by molar-refractivity contribution is 7.99. The van der Waals surface area contributed by atoms with Crippen LogP contribution in [0, 0.1) is 13.8 Å². The third-order valence-electron chi connectivity index (χ3n) is 4.30. The molecule has 2 heterocycles. The van der Waals surface area contributed by atoms with Gasteiger partial charge in [-0.3, -0.25) is 9.36 Å². The van der Waals surface area contributed by atoms with Gasteiger partial charge in [0.15, 0.2) is 5.16 Å². The number of amides is 1. The molecular weight excluding hydrogens is 350 g/mol. The minimum Gasteiger partial charge on any atom is -0.378 e. The van der Waals surface area contributed by atoms with Crippen LogP contribution in [0.3, 0.4) is 0 Å². The predicted molar refractivity (Wildman–Crippen MR) is 104 cm³/mol. The van der Waals surface area contributed by atoms with Crippen LogP contribution in [0.5, 0.6) is 0 Å². The number of ether oxygens (including phenoxy) is 1. The lowest BCUT2D eigenvalue weighted by Gasteiger charge is -2.27. The number of thioether (sulfide) groups is 1. The molecular formula is C18H25N5O2S. The topological polar surface area (TPSA) is 72.3 Å². The largest absolute Gasteiger partial charge is 0.378 e. The van der Waals surface area contributed by atoms with Gasteiger partial charge in [0.1, 0.15) is 0 Å². The number of hydrogen-bond acceptors (Lipinski definition) is 6. The summed E-state index contributed by atoms with van der Waals surface area (Å²) in [4.78, 5) is 14.5. The number of nitrogens with zero attached hydrogens (tertiary/aromatic N) is 4. The Labute approximate surface area is 158 Å². The zero-order chi connectivity index (χ0) is 18.5. The summed E-state index contributed by atoms with van der Waals surface area (Å²) in [6.07, 6.45) is 0. The molecule has 0 aliphatic carbocycles. The van der Waals surface area contributed by atoms with E-state index in [0.29, 0.717) is 19.0 Å². The van der Waals surface area contributed by atoms with Gasteiger partial charge in [-0.15, -0.1) is 10.2 Å². The van der Waals surface area contributed by atoms with Crippen LogP contribution in [0.1, 0.15) is 18.1 Å². The summed E-state index contributed by atoms with van der Waals surface area (Å²) in [5.74, 6) is 1.11. The molecule has 26 heavy (non-hydrogen) atoms. The van der Waals surface area contributed by atoms with E-state index in [9.17, 15) is 4.79 Å². The number of carbonyl (C=O) groups excluding carboxylic acids is 1. The van der Waals surface area contributed by atoms with E-state index in [-0.39, 0.29) is 5.91 Å². The van der Waals surface area contributed by atoms with Crippen molar-refractivity contribution in [2.45, 2.75) is 32.5 Å². The van der Waals surface area contributed by atoms with Crippen molar-refractivity contribution in [3.8, 4) is 0 Å². The van der Waals surface area contributed by atoms with Crippen molar-refractivity contribution in [1.82, 2.24) is 14.8 Å². The van der Waals surface area contributed by atoms with Crippen molar-refractivity contribution in [3.05, 3.63) is 29.3 Å². The molecule has 3 rings (SSSR count). The molecule has 1 aliphatic rings. The molecule has 0 unspecified atom stereocenters. The van der Waals surface area contributed by atoms with Crippen molar-refractivity contribution in [3.63, 3.8) is 0 Å². The highest BCUT2D eigenvalue weighted by atomic mass is 32.2. The molecule has 1 aliphatic heterocycles. The number of hydrogen-bond donors (Lipinski definition) is 1. The second kappa shape index (κ2) is 8.55. The highest BCUT2D eigenvalue weighted by Gasteiger charge is 2.20. The Balaban J connectivity index is 1.62. The lowest BCUT2D eigenvalue weighted by Crippen LogP contribution is -2.38. The molecule has 0 saturated carbocycles. The molecule has 1 fully saturated rings. The highest BCUT2D eigenvalue weighted by Crippen LogP contribution is 2.23. The van der Waals surface area contributed by atoms with Crippen molar-refractivity contribution < 1.29 is 9.53 Å². The second-order valence-electron chi connectivity index (χ2n) is 6.28. The van der Waals surface area contributed by atoms with E-state index in [0.717, 1.165) is 42.0 Å². The van der Waals surface area contributed by atoms with Gasteiger partial charge in [-0.2, -0.15) is 0 Å². The first-order valence-electron chi connectivity index (χ1n) is 8.84. The normalized spacial score (nSPS) is 14.5. The van der Waals surface area contributed by atoms with Crippen molar-refractivity contribution in [2.24, 2.45) is 0 Å². The number of carbonyl (C=O) groups is 1.